The van der Waals surface area contributed by atoms with Crippen molar-refractivity contribution >= 4 is 46.7 Å². The number of H-pyrrole nitrogens is 1. The van der Waals surface area contributed by atoms with Gasteiger partial charge in [-0.3, -0.25) is 4.79 Å². The highest BCUT2D eigenvalue weighted by Gasteiger charge is 2.16. The number of aryl methyl sites for hydroxylation is 1. The monoisotopic (exact) mass is 513 g/mol. The molecule has 1 unspecified atom stereocenters. The lowest BCUT2D eigenvalue weighted by Crippen LogP contribution is -2.42. The van der Waals surface area contributed by atoms with Gasteiger partial charge in [0, 0.05) is 50.9 Å². The minimum Gasteiger partial charge on any atom is -0.376 e. The summed E-state index contributed by atoms with van der Waals surface area (Å²) in [6, 6.07) is 6.30. The molecule has 1 fully saturated rings. The predicted molar refractivity (Wildman–Crippen MR) is 128 cm³/mol. The number of nitrogens with one attached hydrogen (secondary N) is 3. The zero-order valence-electron chi connectivity index (χ0n) is 17.5. The van der Waals surface area contributed by atoms with E-state index in [9.17, 15) is 4.79 Å². The number of hydrogen-bond donors (Lipinski definition) is 3. The maximum absolute atomic E-state index is 11.9. The highest BCUT2D eigenvalue weighted by molar-refractivity contribution is 14.0. The summed E-state index contributed by atoms with van der Waals surface area (Å²) in [5.41, 5.74) is 3.72. The Kier molecular flexibility index (Phi) is 9.22. The standard InChI is InChI=1S/C21H31N5O2.HI/c1-15-6-4-8-18-20(15)16(12-23-18)9-10-22-21(25-14-19(27)26(2)3)24-13-17-7-5-11-28-17;/h4,6,8,12,17,23H,5,7,9-11,13-14H2,1-3H3,(H2,22,24,25);1H. The van der Waals surface area contributed by atoms with Gasteiger partial charge in [-0.1, -0.05) is 12.1 Å². The van der Waals surface area contributed by atoms with Crippen LogP contribution in [-0.4, -0.2) is 68.2 Å². The number of nitrogens with zero attached hydrogens (tertiary/aromatic N) is 2. The Morgan fingerprint density at radius 2 is 2.17 bits per heavy atom. The lowest BCUT2D eigenvalue weighted by Gasteiger charge is -2.16. The number of fused-ring (bicyclic) bond motifs is 1. The molecule has 2 aromatic rings. The first kappa shape index (κ1) is 23.5. The second-order valence-electron chi connectivity index (χ2n) is 7.46. The van der Waals surface area contributed by atoms with Crippen LogP contribution >= 0.6 is 24.0 Å². The van der Waals surface area contributed by atoms with E-state index in [1.54, 1.807) is 19.0 Å². The minimum atomic E-state index is -0.0227. The largest absolute Gasteiger partial charge is 0.376 e. The maximum Gasteiger partial charge on any atom is 0.243 e. The van der Waals surface area contributed by atoms with Crippen LogP contribution in [0.2, 0.25) is 0 Å². The third kappa shape index (κ3) is 6.60. The van der Waals surface area contributed by atoms with Gasteiger partial charge in [-0.15, -0.1) is 24.0 Å². The summed E-state index contributed by atoms with van der Waals surface area (Å²) >= 11 is 0. The predicted octanol–water partition coefficient (Wildman–Crippen LogP) is 2.44. The maximum atomic E-state index is 11.9. The van der Waals surface area contributed by atoms with E-state index in [0.717, 1.165) is 37.9 Å². The second kappa shape index (κ2) is 11.4. The van der Waals surface area contributed by atoms with Crippen molar-refractivity contribution in [2.75, 3.05) is 40.3 Å². The summed E-state index contributed by atoms with van der Waals surface area (Å²) in [6.07, 6.45) is 5.32. The number of guanidine groups is 1. The molecule has 0 radical (unpaired) electrons. The number of ether oxygens (including phenoxy) is 1. The SMILES string of the molecule is Cc1cccc2[nH]cc(CCNC(=NCC(=O)N(C)C)NCC3CCCO3)c12.I. The van der Waals surface area contributed by atoms with Gasteiger partial charge in [0.25, 0.3) is 0 Å². The van der Waals surface area contributed by atoms with Gasteiger partial charge in [-0.2, -0.15) is 0 Å². The summed E-state index contributed by atoms with van der Waals surface area (Å²) in [5, 5.41) is 7.97. The van der Waals surface area contributed by atoms with Gasteiger partial charge in [0.05, 0.1) is 6.10 Å². The lowest BCUT2D eigenvalue weighted by molar-refractivity contribution is -0.127. The van der Waals surface area contributed by atoms with Crippen molar-refractivity contribution in [2.45, 2.75) is 32.3 Å². The molecule has 3 N–H and O–H groups in total. The van der Waals surface area contributed by atoms with Gasteiger partial charge in [0.15, 0.2) is 5.96 Å². The molecule has 2 heterocycles. The number of aromatic nitrogens is 1. The van der Waals surface area contributed by atoms with Crippen LogP contribution in [0.4, 0.5) is 0 Å². The van der Waals surface area contributed by atoms with Crippen molar-refractivity contribution in [2.24, 2.45) is 4.99 Å². The first-order valence-corrected chi connectivity index (χ1v) is 9.94. The second-order valence-corrected chi connectivity index (χ2v) is 7.46. The lowest BCUT2D eigenvalue weighted by atomic mass is 10.1. The number of carbonyl (C=O) groups is 1. The first-order valence-electron chi connectivity index (χ1n) is 9.94. The number of halogens is 1. The van der Waals surface area contributed by atoms with Crippen LogP contribution in [0.25, 0.3) is 10.9 Å². The highest BCUT2D eigenvalue weighted by Crippen LogP contribution is 2.22. The Balaban J connectivity index is 0.00000300. The van der Waals surface area contributed by atoms with Crippen LogP contribution in [0.1, 0.15) is 24.0 Å². The number of rotatable bonds is 7. The first-order chi connectivity index (χ1) is 13.5. The number of likely N-dealkylation sites (N-methyl/N-ethyl adjacent to an activating group) is 1. The summed E-state index contributed by atoms with van der Waals surface area (Å²) < 4.78 is 5.67. The van der Waals surface area contributed by atoms with Gasteiger partial charge < -0.3 is 25.3 Å². The molecule has 1 atom stereocenters. The third-order valence-corrected chi connectivity index (χ3v) is 5.07. The van der Waals surface area contributed by atoms with E-state index in [4.69, 9.17) is 4.74 Å². The van der Waals surface area contributed by atoms with Gasteiger partial charge in [0.1, 0.15) is 6.54 Å². The highest BCUT2D eigenvalue weighted by atomic mass is 127. The molecule has 0 bridgehead atoms. The summed E-state index contributed by atoms with van der Waals surface area (Å²) in [6.45, 7) is 4.52. The van der Waals surface area contributed by atoms with Gasteiger partial charge in [-0.05, 0) is 43.4 Å². The van der Waals surface area contributed by atoms with Crippen LogP contribution in [-0.2, 0) is 16.0 Å². The molecule has 1 aromatic carbocycles. The molecule has 0 spiro atoms. The molecule has 1 aliphatic heterocycles. The molecule has 1 aliphatic rings. The molecule has 29 heavy (non-hydrogen) atoms. The molecule has 0 aliphatic carbocycles. The van der Waals surface area contributed by atoms with Crippen molar-refractivity contribution in [3.8, 4) is 0 Å². The van der Waals surface area contributed by atoms with Gasteiger partial charge in [-0.25, -0.2) is 4.99 Å². The molecule has 1 amide bonds. The van der Waals surface area contributed by atoms with E-state index in [0.29, 0.717) is 12.5 Å². The molecule has 160 valence electrons. The van der Waals surface area contributed by atoms with Crippen LogP contribution in [0, 0.1) is 6.92 Å². The average molecular weight is 513 g/mol. The van der Waals surface area contributed by atoms with Crippen LogP contribution in [0.15, 0.2) is 29.4 Å². The smallest absolute Gasteiger partial charge is 0.243 e. The molecular weight excluding hydrogens is 481 g/mol. The molecule has 1 aromatic heterocycles. The van der Waals surface area contributed by atoms with E-state index in [1.807, 2.05) is 0 Å². The molecule has 7 nitrogen and oxygen atoms in total. The zero-order chi connectivity index (χ0) is 19.9. The number of benzene rings is 1. The molecule has 0 saturated carbocycles. The summed E-state index contributed by atoms with van der Waals surface area (Å²) in [5.74, 6) is 0.632. The number of hydrogen-bond acceptors (Lipinski definition) is 3. The molecular formula is C21H32IN5O2. The van der Waals surface area contributed by atoms with E-state index in [1.165, 1.54) is 16.5 Å². The Labute approximate surface area is 189 Å². The Bertz CT molecular complexity index is 828. The van der Waals surface area contributed by atoms with Crippen molar-refractivity contribution in [1.29, 1.82) is 0 Å². The minimum absolute atomic E-state index is 0. The Morgan fingerprint density at radius 3 is 2.90 bits per heavy atom. The van der Waals surface area contributed by atoms with E-state index < -0.39 is 0 Å². The fourth-order valence-electron chi connectivity index (χ4n) is 3.44. The fourth-order valence-corrected chi connectivity index (χ4v) is 3.44. The normalized spacial score (nSPS) is 16.5. The molecule has 1 saturated heterocycles. The Morgan fingerprint density at radius 1 is 1.34 bits per heavy atom. The van der Waals surface area contributed by atoms with Crippen molar-refractivity contribution in [1.82, 2.24) is 20.5 Å². The van der Waals surface area contributed by atoms with Crippen molar-refractivity contribution in [3.63, 3.8) is 0 Å². The van der Waals surface area contributed by atoms with Crippen LogP contribution in [0.5, 0.6) is 0 Å². The quantitative estimate of drug-likeness (QED) is 0.302. The van der Waals surface area contributed by atoms with Crippen molar-refractivity contribution < 1.29 is 9.53 Å². The number of aliphatic imine (C=N–C) groups is 1. The third-order valence-electron chi connectivity index (χ3n) is 5.07. The van der Waals surface area contributed by atoms with Gasteiger partial charge in [0.2, 0.25) is 5.91 Å². The Hall–Kier alpha value is -1.81. The molecule has 3 rings (SSSR count). The van der Waals surface area contributed by atoms with Crippen LogP contribution < -0.4 is 10.6 Å². The van der Waals surface area contributed by atoms with Crippen LogP contribution in [0.3, 0.4) is 0 Å². The van der Waals surface area contributed by atoms with E-state index in [-0.39, 0.29) is 42.5 Å². The number of aromatic amines is 1. The summed E-state index contributed by atoms with van der Waals surface area (Å²) in [7, 11) is 3.48. The number of carbonyl (C=O) groups excluding carboxylic acids is 1. The summed E-state index contributed by atoms with van der Waals surface area (Å²) in [4.78, 5) is 21.2. The van der Waals surface area contributed by atoms with E-state index >= 15 is 0 Å². The number of amides is 1. The molecule has 8 heteroatoms. The van der Waals surface area contributed by atoms with Gasteiger partial charge >= 0.3 is 0 Å². The van der Waals surface area contributed by atoms with E-state index in [2.05, 4.69) is 51.9 Å². The van der Waals surface area contributed by atoms with Crippen molar-refractivity contribution in [3.05, 3.63) is 35.5 Å². The topological polar surface area (TPSA) is 81.8 Å². The zero-order valence-corrected chi connectivity index (χ0v) is 19.8. The fraction of sp³-hybridized carbons (Fsp3) is 0.524. The average Bonchev–Trinajstić information content (AvgIpc) is 3.33.